The Labute approximate surface area is 196 Å². The summed E-state index contributed by atoms with van der Waals surface area (Å²) in [6.07, 6.45) is 9.44. The lowest BCUT2D eigenvalue weighted by molar-refractivity contribution is -0.126. The summed E-state index contributed by atoms with van der Waals surface area (Å²) in [5.41, 5.74) is 1.24. The van der Waals surface area contributed by atoms with Crippen LogP contribution in [0.25, 0.3) is 11.4 Å². The number of rotatable bonds is 5. The van der Waals surface area contributed by atoms with Crippen molar-refractivity contribution >= 4 is 15.9 Å². The highest BCUT2D eigenvalue weighted by Gasteiger charge is 2.35. The molecule has 1 aromatic carbocycles. The Morgan fingerprint density at radius 1 is 1.06 bits per heavy atom. The van der Waals surface area contributed by atoms with Crippen LogP contribution < -0.4 is 5.32 Å². The van der Waals surface area contributed by atoms with Crippen molar-refractivity contribution < 1.29 is 17.7 Å². The number of carbonyl (C=O) groups is 1. The van der Waals surface area contributed by atoms with Crippen molar-refractivity contribution in [2.24, 2.45) is 5.92 Å². The number of nitrogens with zero attached hydrogens (tertiary/aromatic N) is 3. The molecule has 2 fully saturated rings. The SMILES string of the molecule is Cc1nc(-c2ccc(C)c(S(=O)(=O)N3CCC[C@H](C(=O)NC4CCCCCCC4)C3)c2)no1. The van der Waals surface area contributed by atoms with Gasteiger partial charge in [-0.15, -0.1) is 0 Å². The minimum atomic E-state index is -3.76. The summed E-state index contributed by atoms with van der Waals surface area (Å²) in [6.45, 7) is 4.10. The van der Waals surface area contributed by atoms with Gasteiger partial charge in [0, 0.05) is 31.6 Å². The monoisotopic (exact) mass is 474 g/mol. The first kappa shape index (κ1) is 23.9. The van der Waals surface area contributed by atoms with E-state index in [9.17, 15) is 13.2 Å². The van der Waals surface area contributed by atoms with Crippen LogP contribution in [0.3, 0.4) is 0 Å². The number of piperidine rings is 1. The predicted octanol–water partition coefficient (Wildman–Crippen LogP) is 3.98. The van der Waals surface area contributed by atoms with Gasteiger partial charge in [0.25, 0.3) is 0 Å². The van der Waals surface area contributed by atoms with Crippen molar-refractivity contribution in [2.45, 2.75) is 82.6 Å². The molecule has 8 nitrogen and oxygen atoms in total. The average Bonchev–Trinajstić information content (AvgIpc) is 3.22. The van der Waals surface area contributed by atoms with E-state index in [-0.39, 0.29) is 29.3 Å². The summed E-state index contributed by atoms with van der Waals surface area (Å²) in [5, 5.41) is 7.13. The largest absolute Gasteiger partial charge is 0.353 e. The van der Waals surface area contributed by atoms with E-state index in [1.54, 1.807) is 32.0 Å². The third-order valence-corrected chi connectivity index (χ3v) is 8.81. The molecule has 0 unspecified atom stereocenters. The van der Waals surface area contributed by atoms with Crippen molar-refractivity contribution in [1.82, 2.24) is 19.8 Å². The maximum absolute atomic E-state index is 13.6. The lowest BCUT2D eigenvalue weighted by Crippen LogP contribution is -2.47. The molecule has 33 heavy (non-hydrogen) atoms. The van der Waals surface area contributed by atoms with Crippen LogP contribution in [0.1, 0.15) is 69.2 Å². The molecule has 1 amide bonds. The van der Waals surface area contributed by atoms with Gasteiger partial charge in [0.1, 0.15) is 0 Å². The molecule has 0 spiro atoms. The number of hydrogen-bond donors (Lipinski definition) is 1. The second-order valence-electron chi connectivity index (χ2n) is 9.37. The first-order chi connectivity index (χ1) is 15.8. The molecule has 1 N–H and O–H groups in total. The summed E-state index contributed by atoms with van der Waals surface area (Å²) < 4.78 is 33.6. The summed E-state index contributed by atoms with van der Waals surface area (Å²) in [4.78, 5) is 17.5. The molecule has 180 valence electrons. The third-order valence-electron chi connectivity index (χ3n) is 6.80. The molecule has 2 aromatic rings. The minimum absolute atomic E-state index is 0.00628. The van der Waals surface area contributed by atoms with E-state index in [0.29, 0.717) is 42.2 Å². The lowest BCUT2D eigenvalue weighted by Gasteiger charge is -2.33. The zero-order valence-electron chi connectivity index (χ0n) is 19.5. The maximum atomic E-state index is 13.6. The average molecular weight is 475 g/mol. The zero-order valence-corrected chi connectivity index (χ0v) is 20.4. The summed E-state index contributed by atoms with van der Waals surface area (Å²) in [7, 11) is -3.76. The van der Waals surface area contributed by atoms with Gasteiger partial charge in [-0.05, 0) is 44.2 Å². The number of aryl methyl sites for hydroxylation is 2. The molecule has 0 bridgehead atoms. The quantitative estimate of drug-likeness (QED) is 0.703. The topological polar surface area (TPSA) is 105 Å². The highest BCUT2D eigenvalue weighted by molar-refractivity contribution is 7.89. The van der Waals surface area contributed by atoms with Crippen LogP contribution in [0.2, 0.25) is 0 Å². The number of carbonyl (C=O) groups excluding carboxylic acids is 1. The zero-order chi connectivity index (χ0) is 23.4. The second kappa shape index (κ2) is 10.3. The molecular formula is C24H34N4O4S. The van der Waals surface area contributed by atoms with Gasteiger partial charge in [0.05, 0.1) is 10.8 Å². The lowest BCUT2D eigenvalue weighted by atomic mass is 9.94. The van der Waals surface area contributed by atoms with Crippen molar-refractivity contribution in [1.29, 1.82) is 0 Å². The van der Waals surface area contributed by atoms with Gasteiger partial charge in [-0.2, -0.15) is 9.29 Å². The first-order valence-corrected chi connectivity index (χ1v) is 13.5. The summed E-state index contributed by atoms with van der Waals surface area (Å²) in [6, 6.07) is 5.37. The first-order valence-electron chi connectivity index (χ1n) is 12.1. The van der Waals surface area contributed by atoms with Crippen molar-refractivity contribution in [3.05, 3.63) is 29.7 Å². The molecule has 4 rings (SSSR count). The minimum Gasteiger partial charge on any atom is -0.353 e. The molecule has 1 aliphatic carbocycles. The van der Waals surface area contributed by atoms with Gasteiger partial charge >= 0.3 is 0 Å². The molecule has 1 saturated heterocycles. The Balaban J connectivity index is 1.48. The molecule has 1 saturated carbocycles. The van der Waals surface area contributed by atoms with E-state index >= 15 is 0 Å². The number of benzene rings is 1. The number of sulfonamides is 1. The molecular weight excluding hydrogens is 440 g/mol. The fourth-order valence-corrected chi connectivity index (χ4v) is 6.64. The van der Waals surface area contributed by atoms with Gasteiger partial charge in [-0.3, -0.25) is 4.79 Å². The molecule has 1 aromatic heterocycles. The Kier molecular flexibility index (Phi) is 7.48. The number of amides is 1. The fourth-order valence-electron chi connectivity index (χ4n) is 4.87. The Bertz CT molecular complexity index is 1070. The normalized spacial score (nSPS) is 21.3. The number of aromatic nitrogens is 2. The maximum Gasteiger partial charge on any atom is 0.243 e. The van der Waals surface area contributed by atoms with E-state index in [4.69, 9.17) is 4.52 Å². The predicted molar refractivity (Wildman–Crippen MR) is 125 cm³/mol. The van der Waals surface area contributed by atoms with E-state index in [1.807, 2.05) is 0 Å². The van der Waals surface area contributed by atoms with Gasteiger partial charge in [-0.1, -0.05) is 49.4 Å². The van der Waals surface area contributed by atoms with E-state index in [1.165, 1.54) is 23.6 Å². The van der Waals surface area contributed by atoms with Crippen LogP contribution in [0.4, 0.5) is 0 Å². The van der Waals surface area contributed by atoms with Crippen LogP contribution in [0.5, 0.6) is 0 Å². The van der Waals surface area contributed by atoms with Gasteiger partial charge in [0.2, 0.25) is 27.6 Å². The molecule has 1 aliphatic heterocycles. The smallest absolute Gasteiger partial charge is 0.243 e. The number of hydrogen-bond acceptors (Lipinski definition) is 6. The second-order valence-corrected chi connectivity index (χ2v) is 11.3. The van der Waals surface area contributed by atoms with E-state index in [0.717, 1.165) is 25.7 Å². The van der Waals surface area contributed by atoms with Crippen LogP contribution in [0, 0.1) is 19.8 Å². The molecule has 1 atom stereocenters. The van der Waals surface area contributed by atoms with Crippen LogP contribution in [-0.2, 0) is 14.8 Å². The van der Waals surface area contributed by atoms with Crippen molar-refractivity contribution in [2.75, 3.05) is 13.1 Å². The highest BCUT2D eigenvalue weighted by atomic mass is 32.2. The van der Waals surface area contributed by atoms with Crippen LogP contribution in [0.15, 0.2) is 27.6 Å². The van der Waals surface area contributed by atoms with E-state index in [2.05, 4.69) is 15.5 Å². The number of nitrogens with one attached hydrogen (secondary N) is 1. The van der Waals surface area contributed by atoms with Crippen LogP contribution >= 0.6 is 0 Å². The molecule has 0 radical (unpaired) electrons. The van der Waals surface area contributed by atoms with Crippen molar-refractivity contribution in [3.63, 3.8) is 0 Å². The fraction of sp³-hybridized carbons (Fsp3) is 0.625. The molecule has 2 aliphatic rings. The Morgan fingerprint density at radius 3 is 2.48 bits per heavy atom. The summed E-state index contributed by atoms with van der Waals surface area (Å²) >= 11 is 0. The third kappa shape index (κ3) is 5.63. The Morgan fingerprint density at radius 2 is 1.79 bits per heavy atom. The van der Waals surface area contributed by atoms with Crippen LogP contribution in [-0.4, -0.2) is 47.9 Å². The summed E-state index contributed by atoms with van der Waals surface area (Å²) in [5.74, 6) is 0.457. The standard InChI is InChI=1S/C24H34N4O4S/c1-17-12-13-19(23-25-18(2)32-27-23)15-22(17)33(30,31)28-14-8-9-20(16-28)24(29)26-21-10-6-4-3-5-7-11-21/h12-13,15,20-21H,3-11,14,16H2,1-2H3,(H,26,29)/t20-/m0/s1. The highest BCUT2D eigenvalue weighted by Crippen LogP contribution is 2.29. The van der Waals surface area contributed by atoms with E-state index < -0.39 is 10.0 Å². The molecule has 9 heteroatoms. The molecule has 2 heterocycles. The van der Waals surface area contributed by atoms with Gasteiger partial charge in [-0.25, -0.2) is 8.42 Å². The Hall–Kier alpha value is -2.26. The van der Waals surface area contributed by atoms with Gasteiger partial charge in [0.15, 0.2) is 0 Å². The van der Waals surface area contributed by atoms with Crippen molar-refractivity contribution in [3.8, 4) is 11.4 Å². The van der Waals surface area contributed by atoms with Gasteiger partial charge < -0.3 is 9.84 Å².